The highest BCUT2D eigenvalue weighted by molar-refractivity contribution is 5.87. The van der Waals surface area contributed by atoms with Crippen LogP contribution >= 0.6 is 0 Å². The van der Waals surface area contributed by atoms with Crippen molar-refractivity contribution in [3.05, 3.63) is 23.9 Å². The van der Waals surface area contributed by atoms with Crippen molar-refractivity contribution >= 4 is 11.8 Å². The molecule has 0 unspecified atom stereocenters. The summed E-state index contributed by atoms with van der Waals surface area (Å²) in [7, 11) is 0. The third kappa shape index (κ3) is 2.40. The Kier molecular flexibility index (Phi) is 3.31. The fourth-order valence-corrected chi connectivity index (χ4v) is 2.54. The summed E-state index contributed by atoms with van der Waals surface area (Å²) in [6.45, 7) is 4.39. The second-order valence-corrected chi connectivity index (χ2v) is 4.75. The van der Waals surface area contributed by atoms with Gasteiger partial charge in [0.15, 0.2) is 0 Å². The SMILES string of the molecule is C[C@H]1CCC[C@H](C)N1c1ccc(C(=O)O)cn1. The van der Waals surface area contributed by atoms with E-state index in [1.165, 1.54) is 25.5 Å². The lowest BCUT2D eigenvalue weighted by Gasteiger charge is -2.40. The van der Waals surface area contributed by atoms with E-state index >= 15 is 0 Å². The zero-order valence-electron chi connectivity index (χ0n) is 10.3. The number of hydrogen-bond acceptors (Lipinski definition) is 3. The molecule has 0 aliphatic carbocycles. The van der Waals surface area contributed by atoms with E-state index in [0.717, 1.165) is 5.82 Å². The number of carboxylic acid groups (broad SMARTS) is 1. The van der Waals surface area contributed by atoms with Crippen LogP contribution in [0.1, 0.15) is 43.5 Å². The van der Waals surface area contributed by atoms with E-state index in [9.17, 15) is 4.79 Å². The van der Waals surface area contributed by atoms with E-state index < -0.39 is 5.97 Å². The summed E-state index contributed by atoms with van der Waals surface area (Å²) >= 11 is 0. The number of anilines is 1. The first-order valence-corrected chi connectivity index (χ1v) is 6.07. The number of aromatic carboxylic acids is 1. The molecular weight excluding hydrogens is 216 g/mol. The first kappa shape index (κ1) is 11.9. The summed E-state index contributed by atoms with van der Waals surface area (Å²) in [6.07, 6.45) is 5.04. The molecule has 1 aliphatic heterocycles. The Balaban J connectivity index is 2.23. The summed E-state index contributed by atoms with van der Waals surface area (Å²) in [4.78, 5) is 17.3. The lowest BCUT2D eigenvalue weighted by Crippen LogP contribution is -2.44. The average molecular weight is 234 g/mol. The van der Waals surface area contributed by atoms with Gasteiger partial charge in [0.05, 0.1) is 5.56 Å². The molecule has 1 N–H and O–H groups in total. The normalized spacial score (nSPS) is 24.7. The Hall–Kier alpha value is -1.58. The fourth-order valence-electron chi connectivity index (χ4n) is 2.54. The summed E-state index contributed by atoms with van der Waals surface area (Å²) in [6, 6.07) is 4.38. The van der Waals surface area contributed by atoms with Crippen LogP contribution in [0.3, 0.4) is 0 Å². The van der Waals surface area contributed by atoms with Gasteiger partial charge in [0.2, 0.25) is 0 Å². The highest BCUT2D eigenvalue weighted by atomic mass is 16.4. The molecule has 4 heteroatoms. The second-order valence-electron chi connectivity index (χ2n) is 4.75. The number of rotatable bonds is 2. The molecule has 1 aliphatic rings. The van der Waals surface area contributed by atoms with E-state index in [-0.39, 0.29) is 5.56 Å². The molecule has 2 rings (SSSR count). The van der Waals surface area contributed by atoms with E-state index in [2.05, 4.69) is 23.7 Å². The van der Waals surface area contributed by atoms with Crippen LogP contribution in [0.2, 0.25) is 0 Å². The zero-order chi connectivity index (χ0) is 12.4. The Labute approximate surface area is 101 Å². The summed E-state index contributed by atoms with van der Waals surface area (Å²) in [5, 5.41) is 8.84. The molecule has 2 heterocycles. The first-order valence-electron chi connectivity index (χ1n) is 6.07. The maximum Gasteiger partial charge on any atom is 0.337 e. The maximum atomic E-state index is 10.8. The van der Waals surface area contributed by atoms with Gasteiger partial charge in [-0.1, -0.05) is 0 Å². The van der Waals surface area contributed by atoms with Crippen LogP contribution in [0.4, 0.5) is 5.82 Å². The van der Waals surface area contributed by atoms with E-state index in [1.54, 1.807) is 6.07 Å². The summed E-state index contributed by atoms with van der Waals surface area (Å²) in [5.41, 5.74) is 0.242. The molecule has 0 aromatic carbocycles. The van der Waals surface area contributed by atoms with Gasteiger partial charge >= 0.3 is 5.97 Å². The number of carboxylic acids is 1. The Bertz CT molecular complexity index is 392. The van der Waals surface area contributed by atoms with Crippen LogP contribution in [0.5, 0.6) is 0 Å². The van der Waals surface area contributed by atoms with Gasteiger partial charge in [-0.3, -0.25) is 0 Å². The van der Waals surface area contributed by atoms with Crippen molar-refractivity contribution in [1.29, 1.82) is 0 Å². The highest BCUT2D eigenvalue weighted by Crippen LogP contribution is 2.27. The van der Waals surface area contributed by atoms with Crippen LogP contribution in [0.15, 0.2) is 18.3 Å². The van der Waals surface area contributed by atoms with Crippen molar-refractivity contribution in [2.45, 2.75) is 45.2 Å². The average Bonchev–Trinajstić information content (AvgIpc) is 2.29. The number of aromatic nitrogens is 1. The molecule has 1 saturated heterocycles. The zero-order valence-corrected chi connectivity index (χ0v) is 10.3. The van der Waals surface area contributed by atoms with Crippen LogP contribution in [0, 0.1) is 0 Å². The van der Waals surface area contributed by atoms with Crippen molar-refractivity contribution in [2.24, 2.45) is 0 Å². The van der Waals surface area contributed by atoms with Gasteiger partial charge in [0, 0.05) is 18.3 Å². The molecule has 1 aromatic rings. The van der Waals surface area contributed by atoms with Crippen molar-refractivity contribution in [2.75, 3.05) is 4.90 Å². The third-order valence-electron chi connectivity index (χ3n) is 3.45. The predicted molar refractivity (Wildman–Crippen MR) is 66.5 cm³/mol. The minimum Gasteiger partial charge on any atom is -0.478 e. The summed E-state index contributed by atoms with van der Waals surface area (Å²) in [5.74, 6) is -0.0431. The number of hydrogen-bond donors (Lipinski definition) is 1. The van der Waals surface area contributed by atoms with Crippen LogP contribution in [-0.4, -0.2) is 28.1 Å². The van der Waals surface area contributed by atoms with Crippen LogP contribution in [0.25, 0.3) is 0 Å². The molecule has 2 atom stereocenters. The van der Waals surface area contributed by atoms with Crippen LogP contribution < -0.4 is 4.90 Å². The molecule has 0 amide bonds. The van der Waals surface area contributed by atoms with Gasteiger partial charge in [-0.25, -0.2) is 9.78 Å². The Morgan fingerprint density at radius 1 is 1.35 bits per heavy atom. The molecule has 4 nitrogen and oxygen atoms in total. The van der Waals surface area contributed by atoms with Gasteiger partial charge in [-0.15, -0.1) is 0 Å². The molecular formula is C13H18N2O2. The van der Waals surface area contributed by atoms with Crippen molar-refractivity contribution in [3.63, 3.8) is 0 Å². The molecule has 1 aromatic heterocycles. The molecule has 0 radical (unpaired) electrons. The Morgan fingerprint density at radius 3 is 2.47 bits per heavy atom. The molecule has 1 fully saturated rings. The van der Waals surface area contributed by atoms with Gasteiger partial charge in [-0.2, -0.15) is 0 Å². The smallest absolute Gasteiger partial charge is 0.337 e. The molecule has 17 heavy (non-hydrogen) atoms. The van der Waals surface area contributed by atoms with Crippen LogP contribution in [-0.2, 0) is 0 Å². The Morgan fingerprint density at radius 2 is 2.00 bits per heavy atom. The number of piperidine rings is 1. The van der Waals surface area contributed by atoms with Gasteiger partial charge in [0.25, 0.3) is 0 Å². The molecule has 92 valence electrons. The van der Waals surface area contributed by atoms with Crippen molar-refractivity contribution < 1.29 is 9.90 Å². The second kappa shape index (κ2) is 4.73. The number of nitrogens with zero attached hydrogens (tertiary/aromatic N) is 2. The fraction of sp³-hybridized carbons (Fsp3) is 0.538. The maximum absolute atomic E-state index is 10.8. The molecule has 0 saturated carbocycles. The van der Waals surface area contributed by atoms with Crippen molar-refractivity contribution in [3.8, 4) is 0 Å². The quantitative estimate of drug-likeness (QED) is 0.854. The molecule has 0 spiro atoms. The van der Waals surface area contributed by atoms with E-state index in [4.69, 9.17) is 5.11 Å². The highest BCUT2D eigenvalue weighted by Gasteiger charge is 2.25. The lowest BCUT2D eigenvalue weighted by atomic mass is 9.97. The molecule has 0 bridgehead atoms. The largest absolute Gasteiger partial charge is 0.478 e. The predicted octanol–water partition coefficient (Wildman–Crippen LogP) is 2.55. The van der Waals surface area contributed by atoms with E-state index in [0.29, 0.717) is 12.1 Å². The van der Waals surface area contributed by atoms with E-state index in [1.807, 2.05) is 6.07 Å². The first-order chi connectivity index (χ1) is 8.09. The van der Waals surface area contributed by atoms with Gasteiger partial charge in [-0.05, 0) is 45.2 Å². The topological polar surface area (TPSA) is 53.4 Å². The monoisotopic (exact) mass is 234 g/mol. The van der Waals surface area contributed by atoms with Gasteiger partial charge < -0.3 is 10.0 Å². The number of pyridine rings is 1. The lowest BCUT2D eigenvalue weighted by molar-refractivity contribution is 0.0696. The van der Waals surface area contributed by atoms with Crippen molar-refractivity contribution in [1.82, 2.24) is 4.98 Å². The standard InChI is InChI=1S/C13H18N2O2/c1-9-4-3-5-10(2)15(9)12-7-6-11(8-14-12)13(16)17/h6-10H,3-5H2,1-2H3,(H,16,17)/t9-,10-/m0/s1. The summed E-state index contributed by atoms with van der Waals surface area (Å²) < 4.78 is 0. The third-order valence-corrected chi connectivity index (χ3v) is 3.45. The van der Waals surface area contributed by atoms with Gasteiger partial charge in [0.1, 0.15) is 5.82 Å². The minimum atomic E-state index is -0.927. The minimum absolute atomic E-state index is 0.242. The number of carbonyl (C=O) groups is 1.